The lowest BCUT2D eigenvalue weighted by molar-refractivity contribution is -0.116. The summed E-state index contributed by atoms with van der Waals surface area (Å²) in [6.07, 6.45) is 0.657. The van der Waals surface area contributed by atoms with Crippen molar-refractivity contribution in [3.63, 3.8) is 0 Å². The predicted octanol–water partition coefficient (Wildman–Crippen LogP) is 1.71. The summed E-state index contributed by atoms with van der Waals surface area (Å²) in [7, 11) is -2.13. The summed E-state index contributed by atoms with van der Waals surface area (Å²) < 4.78 is 31.7. The second-order valence-corrected chi connectivity index (χ2v) is 7.95. The van der Waals surface area contributed by atoms with Crippen LogP contribution in [0.25, 0.3) is 0 Å². The van der Waals surface area contributed by atoms with Gasteiger partial charge < -0.3 is 9.42 Å². The van der Waals surface area contributed by atoms with Gasteiger partial charge in [-0.05, 0) is 37.1 Å². The zero-order chi connectivity index (χ0) is 17.5. The zero-order valence-electron chi connectivity index (χ0n) is 13.8. The Morgan fingerprint density at radius 3 is 2.75 bits per heavy atom. The SMILES string of the molecule is CC(=O)N1CCc2cc(S(=O)(=O)N(C)Cc3cc(C)on3)ccc21. The maximum Gasteiger partial charge on any atom is 0.243 e. The first-order valence-electron chi connectivity index (χ1n) is 7.58. The fraction of sp³-hybridized carbons (Fsp3) is 0.375. The quantitative estimate of drug-likeness (QED) is 0.839. The number of fused-ring (bicyclic) bond motifs is 1. The first-order chi connectivity index (χ1) is 11.3. The van der Waals surface area contributed by atoms with E-state index in [0.29, 0.717) is 24.4 Å². The summed E-state index contributed by atoms with van der Waals surface area (Å²) in [5, 5.41) is 3.82. The molecule has 1 aliphatic heterocycles. The average Bonchev–Trinajstić information content (AvgIpc) is 3.12. The number of benzene rings is 1. The van der Waals surface area contributed by atoms with E-state index in [1.165, 1.54) is 18.3 Å². The average molecular weight is 349 g/mol. The molecule has 0 unspecified atom stereocenters. The van der Waals surface area contributed by atoms with Gasteiger partial charge in [-0.1, -0.05) is 5.16 Å². The molecule has 1 aromatic carbocycles. The largest absolute Gasteiger partial charge is 0.361 e. The van der Waals surface area contributed by atoms with Crippen LogP contribution in [-0.4, -0.2) is 37.4 Å². The van der Waals surface area contributed by atoms with Crippen molar-refractivity contribution >= 4 is 21.6 Å². The van der Waals surface area contributed by atoms with Gasteiger partial charge >= 0.3 is 0 Å². The van der Waals surface area contributed by atoms with E-state index in [9.17, 15) is 13.2 Å². The monoisotopic (exact) mass is 349 g/mol. The van der Waals surface area contributed by atoms with Crippen LogP contribution in [0.3, 0.4) is 0 Å². The summed E-state index contributed by atoms with van der Waals surface area (Å²) in [5.74, 6) is 0.598. The van der Waals surface area contributed by atoms with Crippen LogP contribution >= 0.6 is 0 Å². The fourth-order valence-corrected chi connectivity index (χ4v) is 4.04. The van der Waals surface area contributed by atoms with Gasteiger partial charge in [0, 0.05) is 32.3 Å². The van der Waals surface area contributed by atoms with E-state index in [-0.39, 0.29) is 17.3 Å². The maximum atomic E-state index is 12.7. The molecule has 3 rings (SSSR count). The van der Waals surface area contributed by atoms with Crippen molar-refractivity contribution in [2.45, 2.75) is 31.7 Å². The molecule has 8 heteroatoms. The summed E-state index contributed by atoms with van der Waals surface area (Å²) in [5.41, 5.74) is 2.22. The first-order valence-corrected chi connectivity index (χ1v) is 9.02. The lowest BCUT2D eigenvalue weighted by Crippen LogP contribution is -2.27. The Morgan fingerprint density at radius 2 is 2.12 bits per heavy atom. The number of rotatable bonds is 4. The van der Waals surface area contributed by atoms with Gasteiger partial charge in [0.05, 0.1) is 17.1 Å². The Hall–Kier alpha value is -2.19. The molecule has 0 atom stereocenters. The highest BCUT2D eigenvalue weighted by Crippen LogP contribution is 2.31. The van der Waals surface area contributed by atoms with E-state index < -0.39 is 10.0 Å². The summed E-state index contributed by atoms with van der Waals surface area (Å²) >= 11 is 0. The number of hydrogen-bond acceptors (Lipinski definition) is 5. The molecule has 0 saturated carbocycles. The maximum absolute atomic E-state index is 12.7. The van der Waals surface area contributed by atoms with Gasteiger partial charge in [-0.15, -0.1) is 0 Å². The molecule has 128 valence electrons. The second kappa shape index (κ2) is 6.03. The first kappa shape index (κ1) is 16.7. The third-order valence-electron chi connectivity index (χ3n) is 4.10. The molecule has 0 aliphatic carbocycles. The van der Waals surface area contributed by atoms with E-state index in [0.717, 1.165) is 11.3 Å². The zero-order valence-corrected chi connectivity index (χ0v) is 14.6. The number of amides is 1. The van der Waals surface area contributed by atoms with Gasteiger partial charge in [0.2, 0.25) is 15.9 Å². The van der Waals surface area contributed by atoms with Gasteiger partial charge in [-0.3, -0.25) is 4.79 Å². The molecule has 24 heavy (non-hydrogen) atoms. The van der Waals surface area contributed by atoms with Crippen LogP contribution in [0.2, 0.25) is 0 Å². The highest BCUT2D eigenvalue weighted by molar-refractivity contribution is 7.89. The van der Waals surface area contributed by atoms with Gasteiger partial charge in [0.15, 0.2) is 0 Å². The molecular weight excluding hydrogens is 330 g/mol. The van der Waals surface area contributed by atoms with E-state index in [1.807, 2.05) is 0 Å². The summed E-state index contributed by atoms with van der Waals surface area (Å²) in [6.45, 7) is 3.98. The van der Waals surface area contributed by atoms with Gasteiger partial charge in [-0.2, -0.15) is 4.31 Å². The molecule has 2 aromatic rings. The number of anilines is 1. The second-order valence-electron chi connectivity index (χ2n) is 5.90. The predicted molar refractivity (Wildman–Crippen MR) is 88.1 cm³/mol. The molecule has 1 amide bonds. The third-order valence-corrected chi connectivity index (χ3v) is 5.90. The van der Waals surface area contributed by atoms with Gasteiger partial charge in [0.25, 0.3) is 0 Å². The van der Waals surface area contributed by atoms with Crippen LogP contribution in [0, 0.1) is 6.92 Å². The molecule has 1 aromatic heterocycles. The van der Waals surface area contributed by atoms with E-state index in [4.69, 9.17) is 4.52 Å². The molecule has 2 heterocycles. The molecule has 0 radical (unpaired) electrons. The number of carbonyl (C=O) groups excluding carboxylic acids is 1. The molecule has 0 saturated heterocycles. The van der Waals surface area contributed by atoms with Crippen LogP contribution < -0.4 is 4.90 Å². The Bertz CT molecular complexity index is 888. The van der Waals surface area contributed by atoms with Crippen LogP contribution in [0.4, 0.5) is 5.69 Å². The molecule has 0 N–H and O–H groups in total. The van der Waals surface area contributed by atoms with Crippen molar-refractivity contribution in [1.82, 2.24) is 9.46 Å². The number of aryl methyl sites for hydroxylation is 1. The smallest absolute Gasteiger partial charge is 0.243 e. The van der Waals surface area contributed by atoms with E-state index in [1.54, 1.807) is 36.1 Å². The van der Waals surface area contributed by atoms with Crippen molar-refractivity contribution in [3.05, 3.63) is 41.3 Å². The normalized spacial score (nSPS) is 14.2. The van der Waals surface area contributed by atoms with Crippen LogP contribution in [0.1, 0.15) is 23.9 Å². The minimum absolute atomic E-state index is 0.0390. The van der Waals surface area contributed by atoms with Crippen LogP contribution in [-0.2, 0) is 27.8 Å². The van der Waals surface area contributed by atoms with Gasteiger partial charge in [0.1, 0.15) is 5.76 Å². The summed E-state index contributed by atoms with van der Waals surface area (Å²) in [4.78, 5) is 13.5. The molecule has 7 nitrogen and oxygen atoms in total. The number of sulfonamides is 1. The van der Waals surface area contributed by atoms with E-state index >= 15 is 0 Å². The van der Waals surface area contributed by atoms with Gasteiger partial charge in [-0.25, -0.2) is 8.42 Å². The lowest BCUT2D eigenvalue weighted by atomic mass is 10.2. The van der Waals surface area contributed by atoms with Crippen molar-refractivity contribution in [2.24, 2.45) is 0 Å². The number of nitrogens with zero attached hydrogens (tertiary/aromatic N) is 3. The van der Waals surface area contributed by atoms with Crippen molar-refractivity contribution in [3.8, 4) is 0 Å². The van der Waals surface area contributed by atoms with Crippen molar-refractivity contribution in [2.75, 3.05) is 18.5 Å². The molecule has 0 spiro atoms. The molecular formula is C16H19N3O4S. The molecule has 0 bridgehead atoms. The topological polar surface area (TPSA) is 83.7 Å². The Morgan fingerprint density at radius 1 is 1.38 bits per heavy atom. The Kier molecular flexibility index (Phi) is 4.18. The van der Waals surface area contributed by atoms with Crippen LogP contribution in [0.15, 0.2) is 33.7 Å². The minimum Gasteiger partial charge on any atom is -0.361 e. The number of hydrogen-bond donors (Lipinski definition) is 0. The van der Waals surface area contributed by atoms with Crippen molar-refractivity contribution < 1.29 is 17.7 Å². The van der Waals surface area contributed by atoms with E-state index in [2.05, 4.69) is 5.16 Å². The Labute approximate surface area is 140 Å². The number of carbonyl (C=O) groups is 1. The fourth-order valence-electron chi connectivity index (χ4n) is 2.85. The Balaban J connectivity index is 1.86. The lowest BCUT2D eigenvalue weighted by Gasteiger charge is -2.18. The number of aromatic nitrogens is 1. The third kappa shape index (κ3) is 2.94. The van der Waals surface area contributed by atoms with Crippen molar-refractivity contribution in [1.29, 1.82) is 0 Å². The molecule has 1 aliphatic rings. The summed E-state index contributed by atoms with van der Waals surface area (Å²) in [6, 6.07) is 6.60. The standard InChI is InChI=1S/C16H19N3O4S/c1-11-8-14(17-23-11)10-18(3)24(21,22)15-4-5-16-13(9-15)6-7-19(16)12(2)20/h4-5,8-9H,6-7,10H2,1-3H3. The minimum atomic E-state index is -3.64. The highest BCUT2D eigenvalue weighted by Gasteiger charge is 2.27. The molecule has 0 fully saturated rings. The van der Waals surface area contributed by atoms with Crippen LogP contribution in [0.5, 0.6) is 0 Å². The highest BCUT2D eigenvalue weighted by atomic mass is 32.2.